The first-order chi connectivity index (χ1) is 11.9. The Bertz CT molecular complexity index is 841. The Morgan fingerprint density at radius 1 is 1.08 bits per heavy atom. The van der Waals surface area contributed by atoms with Gasteiger partial charge in [-0.15, -0.1) is 0 Å². The number of rotatable bonds is 3. The molecule has 2 amide bonds. The average molecular weight is 348 g/mol. The first kappa shape index (κ1) is 17.0. The Hall–Kier alpha value is -2.83. The quantitative estimate of drug-likeness (QED) is 0.867. The fourth-order valence-electron chi connectivity index (χ4n) is 3.01. The predicted molar refractivity (Wildman–Crippen MR) is 85.3 cm³/mol. The van der Waals surface area contributed by atoms with Gasteiger partial charge in [0.05, 0.1) is 5.69 Å². The number of halogens is 3. The number of nitrogens with zero attached hydrogens (tertiary/aromatic N) is 1. The Labute approximate surface area is 142 Å². The molecule has 0 aliphatic carbocycles. The zero-order valence-corrected chi connectivity index (χ0v) is 13.3. The van der Waals surface area contributed by atoms with Crippen molar-refractivity contribution in [3.05, 3.63) is 65.5 Å². The van der Waals surface area contributed by atoms with Gasteiger partial charge in [0.15, 0.2) is 11.6 Å². The smallest absolute Gasteiger partial charge is 0.237 e. The van der Waals surface area contributed by atoms with Gasteiger partial charge in [0, 0.05) is 19.5 Å². The van der Waals surface area contributed by atoms with Gasteiger partial charge < -0.3 is 10.2 Å². The van der Waals surface area contributed by atoms with E-state index >= 15 is 0 Å². The SMILES string of the molecule is CN1CC(c2ccc(F)c(F)c2)C(C(=O)Nc2ccccc2F)C1=O. The molecule has 1 fully saturated rings. The highest BCUT2D eigenvalue weighted by Crippen LogP contribution is 2.34. The summed E-state index contributed by atoms with van der Waals surface area (Å²) in [4.78, 5) is 26.3. The number of amides is 2. The normalized spacial score (nSPS) is 20.0. The van der Waals surface area contributed by atoms with Gasteiger partial charge in [-0.1, -0.05) is 18.2 Å². The van der Waals surface area contributed by atoms with Crippen LogP contribution in [-0.2, 0) is 9.59 Å². The molecule has 4 nitrogen and oxygen atoms in total. The summed E-state index contributed by atoms with van der Waals surface area (Å²) in [6.07, 6.45) is 0. The van der Waals surface area contributed by atoms with Crippen molar-refractivity contribution in [1.82, 2.24) is 4.90 Å². The van der Waals surface area contributed by atoms with E-state index in [9.17, 15) is 22.8 Å². The minimum absolute atomic E-state index is 0.0427. The standard InChI is InChI=1S/C18H15F3N2O2/c1-23-9-11(10-6-7-12(19)14(21)8-10)16(18(23)25)17(24)22-15-5-3-2-4-13(15)20/h2-8,11,16H,9H2,1H3,(H,22,24). The van der Waals surface area contributed by atoms with Crippen LogP contribution in [0, 0.1) is 23.4 Å². The van der Waals surface area contributed by atoms with Crippen LogP contribution in [0.3, 0.4) is 0 Å². The number of hydrogen-bond donors (Lipinski definition) is 1. The summed E-state index contributed by atoms with van der Waals surface area (Å²) in [6, 6.07) is 8.87. The Morgan fingerprint density at radius 2 is 1.80 bits per heavy atom. The third kappa shape index (κ3) is 3.22. The van der Waals surface area contributed by atoms with Crippen molar-refractivity contribution in [2.45, 2.75) is 5.92 Å². The largest absolute Gasteiger partial charge is 0.344 e. The van der Waals surface area contributed by atoms with Crippen molar-refractivity contribution in [3.63, 3.8) is 0 Å². The zero-order chi connectivity index (χ0) is 18.1. The first-order valence-electron chi connectivity index (χ1n) is 7.64. The number of benzene rings is 2. The molecule has 0 spiro atoms. The van der Waals surface area contributed by atoms with Gasteiger partial charge in [-0.3, -0.25) is 9.59 Å². The van der Waals surface area contributed by atoms with Crippen LogP contribution in [0.2, 0.25) is 0 Å². The van der Waals surface area contributed by atoms with Crippen molar-refractivity contribution < 1.29 is 22.8 Å². The maximum Gasteiger partial charge on any atom is 0.237 e. The molecule has 3 rings (SSSR count). The Balaban J connectivity index is 1.90. The first-order valence-corrected chi connectivity index (χ1v) is 7.64. The van der Waals surface area contributed by atoms with E-state index in [2.05, 4.69) is 5.32 Å². The number of likely N-dealkylation sites (tertiary alicyclic amines) is 1. The van der Waals surface area contributed by atoms with Gasteiger partial charge in [0.2, 0.25) is 11.8 Å². The second-order valence-electron chi connectivity index (χ2n) is 5.95. The highest BCUT2D eigenvalue weighted by atomic mass is 19.2. The van der Waals surface area contributed by atoms with E-state index in [0.717, 1.165) is 12.1 Å². The number of carbonyl (C=O) groups excluding carboxylic acids is 2. The van der Waals surface area contributed by atoms with Crippen LogP contribution in [0.5, 0.6) is 0 Å². The molecule has 2 aromatic rings. The molecule has 0 saturated carbocycles. The summed E-state index contributed by atoms with van der Waals surface area (Å²) in [5.74, 6) is -5.62. The monoisotopic (exact) mass is 348 g/mol. The zero-order valence-electron chi connectivity index (χ0n) is 13.3. The number of para-hydroxylation sites is 1. The lowest BCUT2D eigenvalue weighted by Gasteiger charge is -2.17. The highest BCUT2D eigenvalue weighted by Gasteiger charge is 2.44. The summed E-state index contributed by atoms with van der Waals surface area (Å²) in [5, 5.41) is 2.40. The van der Waals surface area contributed by atoms with Gasteiger partial charge in [0.1, 0.15) is 11.7 Å². The van der Waals surface area contributed by atoms with Crippen LogP contribution >= 0.6 is 0 Å². The average Bonchev–Trinajstić information content (AvgIpc) is 2.87. The van der Waals surface area contributed by atoms with E-state index in [1.54, 1.807) is 6.07 Å². The van der Waals surface area contributed by atoms with Crippen molar-refractivity contribution in [2.75, 3.05) is 18.9 Å². The summed E-state index contributed by atoms with van der Waals surface area (Å²) in [5.41, 5.74) is 0.296. The van der Waals surface area contributed by atoms with Crippen LogP contribution in [0.4, 0.5) is 18.9 Å². The molecule has 25 heavy (non-hydrogen) atoms. The second kappa shape index (κ2) is 6.58. The van der Waals surface area contributed by atoms with Crippen molar-refractivity contribution in [3.8, 4) is 0 Å². The molecule has 2 aromatic carbocycles. The molecule has 7 heteroatoms. The van der Waals surface area contributed by atoms with Crippen LogP contribution in [-0.4, -0.2) is 30.3 Å². The highest BCUT2D eigenvalue weighted by molar-refractivity contribution is 6.08. The molecule has 2 atom stereocenters. The molecule has 1 saturated heterocycles. The number of nitrogens with one attached hydrogen (secondary N) is 1. The van der Waals surface area contributed by atoms with Crippen LogP contribution < -0.4 is 5.32 Å². The molecular formula is C18H15F3N2O2. The molecular weight excluding hydrogens is 333 g/mol. The lowest BCUT2D eigenvalue weighted by atomic mass is 9.87. The fraction of sp³-hybridized carbons (Fsp3) is 0.222. The summed E-state index contributed by atoms with van der Waals surface area (Å²) in [6.45, 7) is 0.180. The molecule has 0 bridgehead atoms. The molecule has 2 unspecified atom stereocenters. The third-order valence-corrected chi connectivity index (χ3v) is 4.30. The third-order valence-electron chi connectivity index (χ3n) is 4.30. The lowest BCUT2D eigenvalue weighted by Crippen LogP contribution is -2.33. The molecule has 1 N–H and O–H groups in total. The van der Waals surface area contributed by atoms with Crippen molar-refractivity contribution in [2.24, 2.45) is 5.92 Å². The van der Waals surface area contributed by atoms with Crippen LogP contribution in [0.25, 0.3) is 0 Å². The van der Waals surface area contributed by atoms with Gasteiger partial charge in [-0.05, 0) is 29.8 Å². The van der Waals surface area contributed by atoms with Gasteiger partial charge in [0.25, 0.3) is 0 Å². The molecule has 1 aliphatic rings. The van der Waals surface area contributed by atoms with E-state index in [4.69, 9.17) is 0 Å². The minimum Gasteiger partial charge on any atom is -0.344 e. The summed E-state index contributed by atoms with van der Waals surface area (Å²) >= 11 is 0. The molecule has 1 aliphatic heterocycles. The predicted octanol–water partition coefficient (Wildman–Crippen LogP) is 2.91. The van der Waals surface area contributed by atoms with E-state index in [0.29, 0.717) is 5.56 Å². The van der Waals surface area contributed by atoms with Crippen LogP contribution in [0.15, 0.2) is 42.5 Å². The molecule has 0 aromatic heterocycles. The van der Waals surface area contributed by atoms with E-state index in [-0.39, 0.29) is 12.2 Å². The maximum atomic E-state index is 13.7. The Kier molecular flexibility index (Phi) is 4.48. The van der Waals surface area contributed by atoms with E-state index in [1.807, 2.05) is 0 Å². The van der Waals surface area contributed by atoms with Crippen molar-refractivity contribution in [1.29, 1.82) is 0 Å². The van der Waals surface area contributed by atoms with Crippen LogP contribution in [0.1, 0.15) is 11.5 Å². The number of likely N-dealkylation sites (N-methyl/N-ethyl adjacent to an activating group) is 1. The summed E-state index contributed by atoms with van der Waals surface area (Å²) < 4.78 is 40.4. The topological polar surface area (TPSA) is 49.4 Å². The summed E-state index contributed by atoms with van der Waals surface area (Å²) in [7, 11) is 1.52. The second-order valence-corrected chi connectivity index (χ2v) is 5.95. The van der Waals surface area contributed by atoms with Gasteiger partial charge >= 0.3 is 0 Å². The molecule has 1 heterocycles. The minimum atomic E-state index is -1.14. The van der Waals surface area contributed by atoms with Crippen molar-refractivity contribution >= 4 is 17.5 Å². The van der Waals surface area contributed by atoms with Gasteiger partial charge in [-0.2, -0.15) is 0 Å². The van der Waals surface area contributed by atoms with E-state index < -0.39 is 41.1 Å². The molecule has 130 valence electrons. The maximum absolute atomic E-state index is 13.7. The number of hydrogen-bond acceptors (Lipinski definition) is 2. The van der Waals surface area contributed by atoms with E-state index in [1.165, 1.54) is 36.2 Å². The lowest BCUT2D eigenvalue weighted by molar-refractivity contribution is -0.135. The Morgan fingerprint density at radius 3 is 2.48 bits per heavy atom. The fourth-order valence-corrected chi connectivity index (χ4v) is 3.01. The number of anilines is 1. The number of carbonyl (C=O) groups is 2. The molecule has 0 radical (unpaired) electrons. The van der Waals surface area contributed by atoms with Gasteiger partial charge in [-0.25, -0.2) is 13.2 Å².